The van der Waals surface area contributed by atoms with E-state index in [2.05, 4.69) is 14.7 Å². The zero-order valence-corrected chi connectivity index (χ0v) is 10.6. The van der Waals surface area contributed by atoms with Crippen LogP contribution in [0, 0.1) is 5.41 Å². The molecule has 0 aliphatic heterocycles. The molecule has 0 saturated heterocycles. The van der Waals surface area contributed by atoms with Gasteiger partial charge in [0.2, 0.25) is 0 Å². The van der Waals surface area contributed by atoms with E-state index in [-0.39, 0.29) is 17.3 Å². The number of hydrogen-bond donors (Lipinski definition) is 4. The van der Waals surface area contributed by atoms with Crippen LogP contribution < -0.4 is 10.5 Å². The SMILES string of the molecule is CCc1ncc(S(=O)(=O)NC(C)CC(=N)N)[nH]1. The van der Waals surface area contributed by atoms with Crippen LogP contribution >= 0.6 is 0 Å². The smallest absolute Gasteiger partial charge is 0.257 e. The first-order chi connectivity index (χ1) is 7.85. The van der Waals surface area contributed by atoms with Crippen LogP contribution in [0.25, 0.3) is 0 Å². The van der Waals surface area contributed by atoms with Gasteiger partial charge in [-0.15, -0.1) is 0 Å². The monoisotopic (exact) mass is 259 g/mol. The third-order valence-corrected chi connectivity index (χ3v) is 3.61. The van der Waals surface area contributed by atoms with E-state index < -0.39 is 16.1 Å². The summed E-state index contributed by atoms with van der Waals surface area (Å²) in [6.07, 6.45) is 2.09. The number of imidazole rings is 1. The second kappa shape index (κ2) is 5.28. The summed E-state index contributed by atoms with van der Waals surface area (Å²) in [6, 6.07) is -0.425. The number of nitrogens with two attached hydrogens (primary N) is 1. The molecule has 0 aromatic carbocycles. The van der Waals surface area contributed by atoms with E-state index in [4.69, 9.17) is 11.1 Å². The molecule has 0 spiro atoms. The lowest BCUT2D eigenvalue weighted by Gasteiger charge is -2.11. The fourth-order valence-electron chi connectivity index (χ4n) is 1.36. The van der Waals surface area contributed by atoms with Crippen molar-refractivity contribution in [3.63, 3.8) is 0 Å². The van der Waals surface area contributed by atoms with E-state index in [0.29, 0.717) is 12.2 Å². The molecule has 1 aromatic rings. The second-order valence-corrected chi connectivity index (χ2v) is 5.48. The van der Waals surface area contributed by atoms with Gasteiger partial charge in [0.25, 0.3) is 10.0 Å². The first-order valence-electron chi connectivity index (χ1n) is 5.24. The third-order valence-electron chi connectivity index (χ3n) is 2.11. The highest BCUT2D eigenvalue weighted by atomic mass is 32.2. The molecule has 1 heterocycles. The number of sulfonamides is 1. The quantitative estimate of drug-likeness (QED) is 0.422. The van der Waals surface area contributed by atoms with Gasteiger partial charge >= 0.3 is 0 Å². The number of aryl methyl sites for hydroxylation is 1. The number of aromatic amines is 1. The van der Waals surface area contributed by atoms with Gasteiger partial charge in [0, 0.05) is 18.9 Å². The Kier molecular flexibility index (Phi) is 4.24. The molecule has 0 fully saturated rings. The van der Waals surface area contributed by atoms with Crippen LogP contribution in [0.1, 0.15) is 26.1 Å². The van der Waals surface area contributed by atoms with Gasteiger partial charge in [0.15, 0.2) is 5.03 Å². The van der Waals surface area contributed by atoms with Gasteiger partial charge in [0.05, 0.1) is 12.0 Å². The van der Waals surface area contributed by atoms with E-state index in [9.17, 15) is 8.42 Å². The molecule has 7 nitrogen and oxygen atoms in total. The van der Waals surface area contributed by atoms with Crippen molar-refractivity contribution in [1.82, 2.24) is 14.7 Å². The number of hydrogen-bond acceptors (Lipinski definition) is 4. The van der Waals surface area contributed by atoms with Gasteiger partial charge in [-0.1, -0.05) is 6.92 Å². The van der Waals surface area contributed by atoms with E-state index >= 15 is 0 Å². The summed E-state index contributed by atoms with van der Waals surface area (Å²) in [5, 5.41) is 7.13. The van der Waals surface area contributed by atoms with Crippen molar-refractivity contribution in [1.29, 1.82) is 5.41 Å². The van der Waals surface area contributed by atoms with Crippen LogP contribution in [0.5, 0.6) is 0 Å². The van der Waals surface area contributed by atoms with E-state index in [1.165, 1.54) is 6.20 Å². The highest BCUT2D eigenvalue weighted by Gasteiger charge is 2.19. The number of amidine groups is 1. The van der Waals surface area contributed by atoms with E-state index in [1.54, 1.807) is 6.92 Å². The van der Waals surface area contributed by atoms with Gasteiger partial charge in [-0.3, -0.25) is 5.41 Å². The largest absolute Gasteiger partial charge is 0.388 e. The maximum absolute atomic E-state index is 11.9. The average molecular weight is 259 g/mol. The van der Waals surface area contributed by atoms with Crippen molar-refractivity contribution in [2.75, 3.05) is 0 Å². The fourth-order valence-corrected chi connectivity index (χ4v) is 2.54. The highest BCUT2D eigenvalue weighted by molar-refractivity contribution is 7.89. The molecule has 0 bridgehead atoms. The molecular formula is C9H17N5O2S. The van der Waals surface area contributed by atoms with Gasteiger partial charge in [-0.25, -0.2) is 18.1 Å². The van der Waals surface area contributed by atoms with Crippen molar-refractivity contribution in [2.45, 2.75) is 37.8 Å². The molecule has 1 aromatic heterocycles. The molecule has 8 heteroatoms. The third kappa shape index (κ3) is 3.82. The molecule has 17 heavy (non-hydrogen) atoms. The molecule has 0 aliphatic carbocycles. The van der Waals surface area contributed by atoms with E-state index in [1.807, 2.05) is 6.92 Å². The summed E-state index contributed by atoms with van der Waals surface area (Å²) in [7, 11) is -3.61. The lowest BCUT2D eigenvalue weighted by molar-refractivity contribution is 0.561. The number of nitrogens with zero attached hydrogens (tertiary/aromatic N) is 1. The highest BCUT2D eigenvalue weighted by Crippen LogP contribution is 2.07. The predicted molar refractivity (Wildman–Crippen MR) is 64.3 cm³/mol. The Balaban J connectivity index is 2.78. The summed E-state index contributed by atoms with van der Waals surface area (Å²) >= 11 is 0. The van der Waals surface area contributed by atoms with Crippen molar-refractivity contribution in [3.05, 3.63) is 12.0 Å². The average Bonchev–Trinajstić information content (AvgIpc) is 2.63. The Morgan fingerprint density at radius 2 is 2.35 bits per heavy atom. The predicted octanol–water partition coefficient (Wildman–Crippen LogP) is -0.0350. The summed E-state index contributed by atoms with van der Waals surface area (Å²) < 4.78 is 26.1. The van der Waals surface area contributed by atoms with Crippen LogP contribution in [0.2, 0.25) is 0 Å². The normalized spacial score (nSPS) is 13.5. The maximum atomic E-state index is 11.9. The zero-order valence-electron chi connectivity index (χ0n) is 9.82. The Morgan fingerprint density at radius 1 is 1.71 bits per heavy atom. The molecular weight excluding hydrogens is 242 g/mol. The lowest BCUT2D eigenvalue weighted by Crippen LogP contribution is -2.35. The summed E-state index contributed by atoms with van der Waals surface area (Å²) in [6.45, 7) is 3.52. The lowest BCUT2D eigenvalue weighted by atomic mass is 10.2. The van der Waals surface area contributed by atoms with Gasteiger partial charge in [-0.2, -0.15) is 0 Å². The minimum absolute atomic E-state index is 0.0322. The van der Waals surface area contributed by atoms with Crippen molar-refractivity contribution >= 4 is 15.9 Å². The maximum Gasteiger partial charge on any atom is 0.257 e. The molecule has 1 rings (SSSR count). The Labute approximate surface area is 100 Å². The van der Waals surface area contributed by atoms with Crippen molar-refractivity contribution in [3.8, 4) is 0 Å². The minimum Gasteiger partial charge on any atom is -0.388 e. The van der Waals surface area contributed by atoms with Crippen LogP contribution in [0.4, 0.5) is 0 Å². The van der Waals surface area contributed by atoms with Crippen LogP contribution in [0.15, 0.2) is 11.2 Å². The van der Waals surface area contributed by atoms with Gasteiger partial charge < -0.3 is 10.7 Å². The minimum atomic E-state index is -3.61. The Bertz CT molecular complexity index is 493. The first kappa shape index (κ1) is 13.7. The van der Waals surface area contributed by atoms with Crippen LogP contribution in [-0.4, -0.2) is 30.3 Å². The fraction of sp³-hybridized carbons (Fsp3) is 0.556. The molecule has 0 saturated carbocycles. The van der Waals surface area contributed by atoms with Gasteiger partial charge in [0.1, 0.15) is 5.82 Å². The van der Waals surface area contributed by atoms with Crippen molar-refractivity contribution in [2.24, 2.45) is 5.73 Å². The molecule has 1 atom stereocenters. The molecule has 1 unspecified atom stereocenters. The summed E-state index contributed by atoms with van der Waals surface area (Å²) in [5.41, 5.74) is 5.20. The standard InChI is InChI=1S/C9H17N5O2S/c1-3-8-12-5-9(13-8)17(15,16)14-6(2)4-7(10)11/h5-6,14H,3-4H2,1-2H3,(H3,10,11)(H,12,13). The van der Waals surface area contributed by atoms with Crippen LogP contribution in [-0.2, 0) is 16.4 Å². The number of nitrogens with one attached hydrogen (secondary N) is 3. The number of rotatable bonds is 6. The van der Waals surface area contributed by atoms with Crippen LogP contribution in [0.3, 0.4) is 0 Å². The Hall–Kier alpha value is -1.41. The molecule has 96 valence electrons. The number of H-pyrrole nitrogens is 1. The Morgan fingerprint density at radius 3 is 2.82 bits per heavy atom. The number of aromatic nitrogens is 2. The molecule has 5 N–H and O–H groups in total. The summed E-state index contributed by atoms with van der Waals surface area (Å²) in [4.78, 5) is 6.64. The molecule has 0 amide bonds. The second-order valence-electron chi connectivity index (χ2n) is 3.80. The topological polar surface area (TPSA) is 125 Å². The van der Waals surface area contributed by atoms with Crippen molar-refractivity contribution < 1.29 is 8.42 Å². The zero-order chi connectivity index (χ0) is 13.1. The first-order valence-corrected chi connectivity index (χ1v) is 6.72. The van der Waals surface area contributed by atoms with Gasteiger partial charge in [-0.05, 0) is 6.92 Å². The molecule has 0 aliphatic rings. The summed E-state index contributed by atoms with van der Waals surface area (Å²) in [5.74, 6) is 0.559. The molecule has 0 radical (unpaired) electrons. The van der Waals surface area contributed by atoms with E-state index in [0.717, 1.165) is 0 Å².